The number of aliphatic hydroxyl groups excluding tert-OH is 1. The largest absolute Gasteiger partial charge is 0.391 e. The summed E-state index contributed by atoms with van der Waals surface area (Å²) < 4.78 is 1.90. The van der Waals surface area contributed by atoms with Gasteiger partial charge < -0.3 is 10.4 Å². The number of halogens is 1. The van der Waals surface area contributed by atoms with Gasteiger partial charge in [0.1, 0.15) is 4.47 Å². The number of nitrogens with one attached hydrogen (secondary N) is 1. The molecule has 0 saturated heterocycles. The first kappa shape index (κ1) is 15.2. The Morgan fingerprint density at radius 1 is 1.56 bits per heavy atom. The van der Waals surface area contributed by atoms with Crippen molar-refractivity contribution in [1.29, 1.82) is 0 Å². The molecule has 1 aromatic heterocycles. The Kier molecular flexibility index (Phi) is 5.81. The Labute approximate surface area is 115 Å². The summed E-state index contributed by atoms with van der Waals surface area (Å²) in [6.07, 6.45) is 1.86. The Balaban J connectivity index is 2.84. The van der Waals surface area contributed by atoms with E-state index in [0.717, 1.165) is 0 Å². The lowest BCUT2D eigenvalue weighted by atomic mass is 10.2. The van der Waals surface area contributed by atoms with Crippen molar-refractivity contribution < 1.29 is 5.11 Å². The minimum absolute atomic E-state index is 0.153. The van der Waals surface area contributed by atoms with Gasteiger partial charge in [-0.05, 0) is 28.3 Å². The standard InChI is InChI=1S/C12H20BrN3O2/c1-4-9(17)5-14-10-6-15-16(7-8(2)3)12(18)11(10)13/h6,8-9,14,17H,4-5,7H2,1-3H3. The Morgan fingerprint density at radius 2 is 2.22 bits per heavy atom. The fourth-order valence-electron chi connectivity index (χ4n) is 1.44. The van der Waals surface area contributed by atoms with Gasteiger partial charge in [0.05, 0.1) is 18.0 Å². The maximum absolute atomic E-state index is 12.0. The average molecular weight is 318 g/mol. The van der Waals surface area contributed by atoms with Gasteiger partial charge in [-0.25, -0.2) is 4.68 Å². The fourth-order valence-corrected chi connectivity index (χ4v) is 1.88. The molecule has 0 aromatic carbocycles. The zero-order chi connectivity index (χ0) is 13.7. The first-order valence-corrected chi connectivity index (χ1v) is 6.92. The highest BCUT2D eigenvalue weighted by Crippen LogP contribution is 2.16. The van der Waals surface area contributed by atoms with E-state index >= 15 is 0 Å². The summed E-state index contributed by atoms with van der Waals surface area (Å²) in [7, 11) is 0. The molecule has 1 unspecified atom stereocenters. The Morgan fingerprint density at radius 3 is 2.78 bits per heavy atom. The average Bonchev–Trinajstić information content (AvgIpc) is 2.33. The molecule has 18 heavy (non-hydrogen) atoms. The van der Waals surface area contributed by atoms with Crippen LogP contribution in [0.4, 0.5) is 5.69 Å². The van der Waals surface area contributed by atoms with Gasteiger partial charge in [-0.3, -0.25) is 4.79 Å². The number of anilines is 1. The maximum Gasteiger partial charge on any atom is 0.283 e. The smallest absolute Gasteiger partial charge is 0.283 e. The van der Waals surface area contributed by atoms with Crippen LogP contribution in [0.1, 0.15) is 27.2 Å². The first-order chi connectivity index (χ1) is 8.45. The molecule has 5 nitrogen and oxygen atoms in total. The van der Waals surface area contributed by atoms with Crippen LogP contribution in [0.25, 0.3) is 0 Å². The summed E-state index contributed by atoms with van der Waals surface area (Å²) in [5, 5.41) is 16.6. The van der Waals surface area contributed by atoms with E-state index in [0.29, 0.717) is 35.6 Å². The van der Waals surface area contributed by atoms with Crippen molar-refractivity contribution in [2.24, 2.45) is 5.92 Å². The lowest BCUT2D eigenvalue weighted by Crippen LogP contribution is -2.27. The second kappa shape index (κ2) is 6.89. The van der Waals surface area contributed by atoms with Crippen LogP contribution in [0.15, 0.2) is 15.5 Å². The van der Waals surface area contributed by atoms with E-state index in [1.165, 1.54) is 4.68 Å². The number of rotatable bonds is 6. The highest BCUT2D eigenvalue weighted by Gasteiger charge is 2.10. The number of hydrogen-bond acceptors (Lipinski definition) is 4. The lowest BCUT2D eigenvalue weighted by Gasteiger charge is -2.13. The van der Waals surface area contributed by atoms with Crippen molar-refractivity contribution in [3.8, 4) is 0 Å². The zero-order valence-electron chi connectivity index (χ0n) is 11.0. The lowest BCUT2D eigenvalue weighted by molar-refractivity contribution is 0.183. The van der Waals surface area contributed by atoms with Crippen molar-refractivity contribution >= 4 is 21.6 Å². The molecule has 0 aliphatic carbocycles. The first-order valence-electron chi connectivity index (χ1n) is 6.13. The summed E-state index contributed by atoms with van der Waals surface area (Å²) in [5.74, 6) is 0.364. The summed E-state index contributed by atoms with van der Waals surface area (Å²) in [4.78, 5) is 12.0. The van der Waals surface area contributed by atoms with Crippen LogP contribution < -0.4 is 10.9 Å². The van der Waals surface area contributed by atoms with Crippen molar-refractivity contribution in [2.45, 2.75) is 39.8 Å². The summed E-state index contributed by atoms with van der Waals surface area (Å²) >= 11 is 3.28. The SMILES string of the molecule is CCC(O)CNc1cnn(CC(C)C)c(=O)c1Br. The van der Waals surface area contributed by atoms with Gasteiger partial charge >= 0.3 is 0 Å². The van der Waals surface area contributed by atoms with Crippen LogP contribution in [-0.2, 0) is 6.54 Å². The van der Waals surface area contributed by atoms with Gasteiger partial charge in [0.2, 0.25) is 0 Å². The van der Waals surface area contributed by atoms with Crippen LogP contribution in [0.2, 0.25) is 0 Å². The van der Waals surface area contributed by atoms with Gasteiger partial charge in [0.25, 0.3) is 5.56 Å². The minimum atomic E-state index is -0.421. The molecule has 102 valence electrons. The van der Waals surface area contributed by atoms with E-state index in [4.69, 9.17) is 0 Å². The molecule has 1 aromatic rings. The molecule has 0 saturated carbocycles. The van der Waals surface area contributed by atoms with Crippen LogP contribution in [0.3, 0.4) is 0 Å². The molecule has 0 aliphatic heterocycles. The van der Waals surface area contributed by atoms with Crippen LogP contribution in [-0.4, -0.2) is 27.5 Å². The number of aliphatic hydroxyl groups is 1. The third-order valence-corrected chi connectivity index (χ3v) is 3.29. The molecular formula is C12H20BrN3O2. The molecule has 0 fully saturated rings. The van der Waals surface area contributed by atoms with E-state index in [1.807, 2.05) is 20.8 Å². The molecule has 1 heterocycles. The molecular weight excluding hydrogens is 298 g/mol. The maximum atomic E-state index is 12.0. The van der Waals surface area contributed by atoms with Crippen LogP contribution in [0, 0.1) is 5.92 Å². The summed E-state index contributed by atoms with van der Waals surface area (Å²) in [5.41, 5.74) is 0.465. The third kappa shape index (κ3) is 4.10. The molecule has 0 bridgehead atoms. The second-order valence-corrected chi connectivity index (χ2v) is 5.49. The fraction of sp³-hybridized carbons (Fsp3) is 0.667. The summed E-state index contributed by atoms with van der Waals surface area (Å²) in [6, 6.07) is 0. The summed E-state index contributed by atoms with van der Waals surface area (Å²) in [6.45, 7) is 6.97. The zero-order valence-corrected chi connectivity index (χ0v) is 12.6. The van der Waals surface area contributed by atoms with Crippen molar-refractivity contribution in [3.05, 3.63) is 21.0 Å². The van der Waals surface area contributed by atoms with E-state index in [1.54, 1.807) is 6.20 Å². The predicted octanol–water partition coefficient (Wildman–Crippen LogP) is 1.84. The normalized spacial score (nSPS) is 12.8. The van der Waals surface area contributed by atoms with Crippen LogP contribution >= 0.6 is 15.9 Å². The van der Waals surface area contributed by atoms with Crippen molar-refractivity contribution in [1.82, 2.24) is 9.78 Å². The van der Waals surface area contributed by atoms with Gasteiger partial charge in [-0.15, -0.1) is 0 Å². The topological polar surface area (TPSA) is 67.2 Å². The third-order valence-electron chi connectivity index (χ3n) is 2.52. The van der Waals surface area contributed by atoms with Gasteiger partial charge in [0, 0.05) is 13.1 Å². The molecule has 1 rings (SSSR count). The highest BCUT2D eigenvalue weighted by molar-refractivity contribution is 9.10. The van der Waals surface area contributed by atoms with Crippen molar-refractivity contribution in [3.63, 3.8) is 0 Å². The minimum Gasteiger partial charge on any atom is -0.391 e. The van der Waals surface area contributed by atoms with E-state index < -0.39 is 6.10 Å². The number of hydrogen-bond donors (Lipinski definition) is 2. The Bertz CT molecular complexity index is 445. The molecule has 1 atom stereocenters. The van der Waals surface area contributed by atoms with E-state index in [9.17, 15) is 9.90 Å². The monoisotopic (exact) mass is 317 g/mol. The van der Waals surface area contributed by atoms with Gasteiger partial charge in [-0.2, -0.15) is 5.10 Å². The van der Waals surface area contributed by atoms with Gasteiger partial charge in [0.15, 0.2) is 0 Å². The van der Waals surface area contributed by atoms with E-state index in [-0.39, 0.29) is 5.56 Å². The quantitative estimate of drug-likeness (QED) is 0.840. The molecule has 6 heteroatoms. The van der Waals surface area contributed by atoms with Crippen molar-refractivity contribution in [2.75, 3.05) is 11.9 Å². The molecule has 2 N–H and O–H groups in total. The highest BCUT2D eigenvalue weighted by atomic mass is 79.9. The van der Waals surface area contributed by atoms with Crippen LogP contribution in [0.5, 0.6) is 0 Å². The van der Waals surface area contributed by atoms with Gasteiger partial charge in [-0.1, -0.05) is 20.8 Å². The number of aromatic nitrogens is 2. The molecule has 0 aliphatic rings. The molecule has 0 spiro atoms. The second-order valence-electron chi connectivity index (χ2n) is 4.70. The predicted molar refractivity (Wildman–Crippen MR) is 75.8 cm³/mol. The molecule has 0 radical (unpaired) electrons. The van der Waals surface area contributed by atoms with E-state index in [2.05, 4.69) is 26.3 Å². The Hall–Kier alpha value is -0.880. The number of nitrogens with zero attached hydrogens (tertiary/aromatic N) is 2. The molecule has 0 amide bonds.